The number of aliphatic imine (C=N–C) groups is 1. The molecule has 0 saturated carbocycles. The normalized spacial score (nSPS) is 21.7. The average molecular weight is 388 g/mol. The summed E-state index contributed by atoms with van der Waals surface area (Å²) in [5.41, 5.74) is 1.58. The third-order valence-corrected chi connectivity index (χ3v) is 5.26. The molecule has 7 nitrogen and oxygen atoms in total. The van der Waals surface area contributed by atoms with Crippen LogP contribution >= 0.6 is 11.8 Å². The molecule has 8 heteroatoms. The van der Waals surface area contributed by atoms with Crippen molar-refractivity contribution < 1.29 is 23.9 Å². The predicted molar refractivity (Wildman–Crippen MR) is 101 cm³/mol. The number of rotatable bonds is 4. The molecule has 0 spiro atoms. The zero-order chi connectivity index (χ0) is 19.7. The van der Waals surface area contributed by atoms with Gasteiger partial charge in [0.05, 0.1) is 29.2 Å². The number of ether oxygens (including phenoxy) is 2. The first-order valence-corrected chi connectivity index (χ1v) is 9.46. The maximum Gasteiger partial charge on any atom is 0.338 e. The Morgan fingerprint density at radius 2 is 1.93 bits per heavy atom. The molecule has 0 N–H and O–H groups in total. The minimum atomic E-state index is -0.632. The van der Waals surface area contributed by atoms with Gasteiger partial charge in [0.2, 0.25) is 5.91 Å². The van der Waals surface area contributed by atoms with Crippen LogP contribution in [0, 0.1) is 0 Å². The number of nitrogens with zero attached hydrogens (tertiary/aromatic N) is 2. The van der Waals surface area contributed by atoms with Crippen LogP contribution in [0.4, 0.5) is 0 Å². The molecular formula is C19H20N2O5S. The summed E-state index contributed by atoms with van der Waals surface area (Å²) in [4.78, 5) is 42.5. The molecule has 1 fully saturated rings. The number of allylic oxidation sites excluding steroid dienone is 1. The van der Waals surface area contributed by atoms with Crippen molar-refractivity contribution in [1.82, 2.24) is 4.90 Å². The number of fused-ring (bicyclic) bond motifs is 1. The number of carbonyl (C=O) groups excluding carboxylic acids is 3. The Bertz CT molecular complexity index is 859. The Hall–Kier alpha value is -2.61. The van der Waals surface area contributed by atoms with Crippen LogP contribution in [0.3, 0.4) is 0 Å². The number of amides is 1. The first-order valence-electron chi connectivity index (χ1n) is 8.58. The molecular weight excluding hydrogens is 368 g/mol. The highest BCUT2D eigenvalue weighted by atomic mass is 32.2. The monoisotopic (exact) mass is 388 g/mol. The van der Waals surface area contributed by atoms with Gasteiger partial charge in [-0.2, -0.15) is 0 Å². The van der Waals surface area contributed by atoms with Gasteiger partial charge in [0, 0.05) is 6.92 Å². The second-order valence-corrected chi connectivity index (χ2v) is 7.46. The van der Waals surface area contributed by atoms with Crippen molar-refractivity contribution in [3.8, 4) is 5.75 Å². The van der Waals surface area contributed by atoms with Crippen LogP contribution in [0.2, 0.25) is 0 Å². The van der Waals surface area contributed by atoms with Crippen molar-refractivity contribution in [2.45, 2.75) is 39.0 Å². The lowest BCUT2D eigenvalue weighted by molar-refractivity contribution is -0.139. The third-order valence-electron chi connectivity index (χ3n) is 4.21. The van der Waals surface area contributed by atoms with Crippen LogP contribution in [0.15, 0.2) is 40.5 Å². The lowest BCUT2D eigenvalue weighted by atomic mass is 9.94. The van der Waals surface area contributed by atoms with E-state index in [0.717, 1.165) is 0 Å². The Morgan fingerprint density at radius 3 is 2.52 bits per heavy atom. The van der Waals surface area contributed by atoms with Crippen LogP contribution < -0.4 is 4.74 Å². The summed E-state index contributed by atoms with van der Waals surface area (Å²) in [7, 11) is 0. The summed E-state index contributed by atoms with van der Waals surface area (Å²) in [6, 6.07) is 6.11. The number of thioether (sulfide) groups is 1. The van der Waals surface area contributed by atoms with Gasteiger partial charge in [-0.05, 0) is 38.5 Å². The summed E-state index contributed by atoms with van der Waals surface area (Å²) in [6.45, 7) is 6.83. The van der Waals surface area contributed by atoms with E-state index in [-0.39, 0.29) is 17.8 Å². The van der Waals surface area contributed by atoms with Crippen molar-refractivity contribution in [3.63, 3.8) is 0 Å². The van der Waals surface area contributed by atoms with Crippen LogP contribution in [0.1, 0.15) is 39.3 Å². The fourth-order valence-corrected chi connectivity index (χ4v) is 4.10. The number of carbonyl (C=O) groups is 3. The lowest BCUT2D eigenvalue weighted by Gasteiger charge is -2.33. The van der Waals surface area contributed by atoms with E-state index in [4.69, 9.17) is 9.47 Å². The summed E-state index contributed by atoms with van der Waals surface area (Å²) in [6.07, 6.45) is 0. The van der Waals surface area contributed by atoms with Gasteiger partial charge >= 0.3 is 11.9 Å². The molecule has 0 unspecified atom stereocenters. The predicted octanol–water partition coefficient (Wildman–Crippen LogP) is 2.82. The highest BCUT2D eigenvalue weighted by Crippen LogP contribution is 2.43. The van der Waals surface area contributed by atoms with Crippen molar-refractivity contribution in [3.05, 3.63) is 41.1 Å². The molecule has 2 aliphatic heterocycles. The van der Waals surface area contributed by atoms with E-state index in [2.05, 4.69) is 4.99 Å². The molecule has 0 aromatic heterocycles. The maximum absolute atomic E-state index is 12.7. The fourth-order valence-electron chi connectivity index (χ4n) is 3.07. The minimum absolute atomic E-state index is 0.109. The van der Waals surface area contributed by atoms with E-state index in [9.17, 15) is 14.4 Å². The van der Waals surface area contributed by atoms with E-state index in [1.165, 1.54) is 18.7 Å². The van der Waals surface area contributed by atoms with Gasteiger partial charge in [-0.1, -0.05) is 23.9 Å². The van der Waals surface area contributed by atoms with E-state index < -0.39 is 18.0 Å². The second-order valence-electron chi connectivity index (χ2n) is 6.15. The van der Waals surface area contributed by atoms with Crippen molar-refractivity contribution in [1.29, 1.82) is 0 Å². The summed E-state index contributed by atoms with van der Waals surface area (Å²) in [5.74, 6) is -0.631. The molecule has 0 radical (unpaired) electrons. The molecule has 3 rings (SSSR count). The van der Waals surface area contributed by atoms with E-state index >= 15 is 0 Å². The Morgan fingerprint density at radius 1 is 1.26 bits per heavy atom. The highest BCUT2D eigenvalue weighted by molar-refractivity contribution is 8.15. The third kappa shape index (κ3) is 3.62. The molecule has 1 aromatic carbocycles. The number of esters is 2. The molecule has 2 atom stereocenters. The van der Waals surface area contributed by atoms with Crippen molar-refractivity contribution >= 4 is 34.8 Å². The topological polar surface area (TPSA) is 85.3 Å². The van der Waals surface area contributed by atoms with Crippen LogP contribution in [0.5, 0.6) is 5.75 Å². The standard InChI is InChI=1S/C19H20N2O5S/c1-5-25-18(24)15-10(2)20-19-21(17(23)11(3)27-19)16(15)13-6-8-14(9-7-13)26-12(4)22/h6-9,11,16H,5H2,1-4H3/t11-,16+/m1/s1. The molecule has 0 bridgehead atoms. The second kappa shape index (κ2) is 7.56. The first kappa shape index (κ1) is 19.2. The quantitative estimate of drug-likeness (QED) is 0.582. The summed E-state index contributed by atoms with van der Waals surface area (Å²) < 4.78 is 10.3. The zero-order valence-electron chi connectivity index (χ0n) is 15.5. The molecule has 2 aliphatic rings. The van der Waals surface area contributed by atoms with E-state index in [1.807, 2.05) is 6.92 Å². The van der Waals surface area contributed by atoms with Gasteiger partial charge in [0.1, 0.15) is 5.75 Å². The molecule has 1 aromatic rings. The largest absolute Gasteiger partial charge is 0.463 e. The lowest BCUT2D eigenvalue weighted by Crippen LogP contribution is -2.40. The number of hydrogen-bond donors (Lipinski definition) is 0. The van der Waals surface area contributed by atoms with E-state index in [0.29, 0.717) is 27.8 Å². The highest BCUT2D eigenvalue weighted by Gasteiger charge is 2.46. The van der Waals surface area contributed by atoms with Gasteiger partial charge in [-0.25, -0.2) is 9.79 Å². The fraction of sp³-hybridized carbons (Fsp3) is 0.368. The summed E-state index contributed by atoms with van der Waals surface area (Å²) in [5, 5.41) is 0.299. The van der Waals surface area contributed by atoms with Gasteiger partial charge in [-0.3, -0.25) is 14.5 Å². The van der Waals surface area contributed by atoms with Gasteiger partial charge in [0.15, 0.2) is 5.17 Å². The number of hydrogen-bond acceptors (Lipinski definition) is 7. The Balaban J connectivity index is 2.06. The smallest absolute Gasteiger partial charge is 0.338 e. The zero-order valence-corrected chi connectivity index (χ0v) is 16.3. The van der Waals surface area contributed by atoms with Crippen molar-refractivity contribution in [2.75, 3.05) is 6.61 Å². The first-order chi connectivity index (χ1) is 12.8. The Kier molecular flexibility index (Phi) is 5.36. The van der Waals surface area contributed by atoms with Crippen molar-refractivity contribution in [2.24, 2.45) is 4.99 Å². The molecule has 142 valence electrons. The maximum atomic E-state index is 12.7. The molecule has 0 aliphatic carbocycles. The molecule has 1 saturated heterocycles. The van der Waals surface area contributed by atoms with E-state index in [1.54, 1.807) is 43.0 Å². The molecule has 27 heavy (non-hydrogen) atoms. The molecule has 2 heterocycles. The van der Waals surface area contributed by atoms with Crippen LogP contribution in [-0.4, -0.2) is 39.8 Å². The summed E-state index contributed by atoms with van der Waals surface area (Å²) >= 11 is 1.37. The van der Waals surface area contributed by atoms with Gasteiger partial charge in [0.25, 0.3) is 0 Å². The van der Waals surface area contributed by atoms with Gasteiger partial charge < -0.3 is 9.47 Å². The molecule has 1 amide bonds. The van der Waals surface area contributed by atoms with Gasteiger partial charge in [-0.15, -0.1) is 0 Å². The van der Waals surface area contributed by atoms with Crippen LogP contribution in [-0.2, 0) is 19.1 Å². The van der Waals surface area contributed by atoms with Crippen LogP contribution in [0.25, 0.3) is 0 Å². The minimum Gasteiger partial charge on any atom is -0.463 e. The SMILES string of the molecule is CCOC(=O)C1=C(C)N=C2S[C@H](C)C(=O)N2[C@H]1c1ccc(OC(C)=O)cc1. The Labute approximate surface area is 161 Å². The average Bonchev–Trinajstić information content (AvgIpc) is 2.88. The number of benzene rings is 1. The number of amidine groups is 1.